The molecule has 6 aliphatic rings. The Bertz CT molecular complexity index is 4570. The van der Waals surface area contributed by atoms with Crippen LogP contribution in [0.4, 0.5) is 22.0 Å². The maximum Gasteiger partial charge on any atom is 0.338 e. The Balaban J connectivity index is 0.000000174. The minimum Gasteiger partial charge on any atom is -0.481 e. The van der Waals surface area contributed by atoms with Crippen LogP contribution in [0.2, 0.25) is 20.1 Å². The van der Waals surface area contributed by atoms with E-state index in [0.717, 1.165) is 5.75 Å². The number of benzene rings is 3. The van der Waals surface area contributed by atoms with E-state index >= 15 is 0 Å². The number of rotatable bonds is 24. The molecule has 9 heterocycles. The fraction of sp³-hybridized carbons (Fsp3) is 0.408. The number of amidine groups is 3. The minimum absolute atomic E-state index is 0.0377. The number of hydrogen-bond donors (Lipinski definition) is 6. The molecule has 0 spiro atoms. The number of alkyl halides is 4. The van der Waals surface area contributed by atoms with Crippen LogP contribution in [0.25, 0.3) is 0 Å². The molecule has 38 heteroatoms. The lowest BCUT2D eigenvalue weighted by molar-refractivity contribution is -0.142. The summed E-state index contributed by atoms with van der Waals surface area (Å²) in [4.78, 5) is 106. The van der Waals surface area contributed by atoms with Crippen LogP contribution in [-0.2, 0) is 43.0 Å². The zero-order chi connectivity index (χ0) is 78.8. The molecule has 3 aromatic heterocycles. The van der Waals surface area contributed by atoms with Gasteiger partial charge in [-0.05, 0) is 82.5 Å². The number of carboxylic acids is 3. The normalized spacial score (nSPS) is 22.7. The number of esters is 3. The Labute approximate surface area is 667 Å². The molecule has 6 aliphatic heterocycles. The Morgan fingerprint density at radius 1 is 0.596 bits per heavy atom. The number of thiazole rings is 3. The van der Waals surface area contributed by atoms with E-state index in [1.807, 2.05) is 10.3 Å². The second kappa shape index (κ2) is 37.2. The van der Waals surface area contributed by atoms with Crippen molar-refractivity contribution in [1.82, 2.24) is 45.6 Å². The summed E-state index contributed by atoms with van der Waals surface area (Å²) in [6, 6.07) is 6.65. The smallest absolute Gasteiger partial charge is 0.338 e. The van der Waals surface area contributed by atoms with Gasteiger partial charge in [0.25, 0.3) is 11.8 Å². The van der Waals surface area contributed by atoms with Crippen LogP contribution in [0, 0.1) is 5.82 Å². The molecular formula is C71H72BrCl4F5N12O12S4. The molecule has 3 saturated heterocycles. The second-order valence-electron chi connectivity index (χ2n) is 25.3. The van der Waals surface area contributed by atoms with Gasteiger partial charge in [-0.2, -0.15) is 11.8 Å². The molecule has 24 nitrogen and oxygen atoms in total. The van der Waals surface area contributed by atoms with Gasteiger partial charge >= 0.3 is 35.8 Å². The SMILES string of the molecule is CCOC(=O)C1=C(CN2C(C)C(F)(F)C[C@H]2CCC(=O)O)NC(c2nccs2)=N[C@H]1c1ccc(Cl)cc1Cl.CCOC(=O)C1=C(CN2CCSC[C@H]2C(=O)O)NC(c2nccs2)=N[C@H]1c1ccc(F)cc1Br.COC(=O)C1=C(CN2C(C)C(F)(F)C[C@H]2CCC(=O)O)NC(c2nccs2)=N[C@H]1c1ccc(Cl)cc1Cl. The first-order valence-corrected chi connectivity index (χ1v) is 40.0. The number of nitrogens with zero attached hydrogens (tertiary/aromatic N) is 9. The van der Waals surface area contributed by atoms with Crippen LogP contribution in [0.5, 0.6) is 0 Å². The fourth-order valence-electron chi connectivity index (χ4n) is 13.2. The molecule has 6 aromatic rings. The van der Waals surface area contributed by atoms with E-state index < -0.39 is 115 Å². The number of aliphatic carboxylic acids is 3. The zero-order valence-corrected chi connectivity index (χ0v) is 66.5. The summed E-state index contributed by atoms with van der Waals surface area (Å²) < 4.78 is 89.4. The van der Waals surface area contributed by atoms with Crippen LogP contribution in [-0.4, -0.2) is 198 Å². The Morgan fingerprint density at radius 2 is 1.00 bits per heavy atom. The number of carbonyl (C=O) groups is 6. The fourth-order valence-corrected chi connectivity index (χ4v) is 17.7. The maximum atomic E-state index is 14.8. The van der Waals surface area contributed by atoms with Crippen molar-refractivity contribution in [1.29, 1.82) is 0 Å². The third kappa shape index (κ3) is 20.2. The highest BCUT2D eigenvalue weighted by Gasteiger charge is 2.54. The molecule has 0 amide bonds. The highest BCUT2D eigenvalue weighted by molar-refractivity contribution is 9.10. The number of ether oxygens (including phenoxy) is 3. The Hall–Kier alpha value is -7.48. The predicted octanol–water partition coefficient (Wildman–Crippen LogP) is 13.7. The molecule has 0 aliphatic carbocycles. The van der Waals surface area contributed by atoms with E-state index in [-0.39, 0.29) is 85.3 Å². The number of carbonyl (C=O) groups excluding carboxylic acids is 3. The largest absolute Gasteiger partial charge is 0.481 e. The molecule has 12 rings (SSSR count). The molecule has 3 fully saturated rings. The van der Waals surface area contributed by atoms with Crippen LogP contribution >= 0.6 is 108 Å². The van der Waals surface area contributed by atoms with E-state index in [1.165, 1.54) is 89.0 Å². The van der Waals surface area contributed by atoms with Crippen LogP contribution in [0.3, 0.4) is 0 Å². The monoisotopic (exact) mass is 1730 g/mol. The topological polar surface area (TPSA) is 312 Å². The van der Waals surface area contributed by atoms with Gasteiger partial charge < -0.3 is 45.5 Å². The van der Waals surface area contributed by atoms with Gasteiger partial charge in [0.2, 0.25) is 0 Å². The van der Waals surface area contributed by atoms with Crippen LogP contribution in [0.15, 0.2) is 143 Å². The lowest BCUT2D eigenvalue weighted by Gasteiger charge is -2.35. The van der Waals surface area contributed by atoms with Gasteiger partial charge in [-0.1, -0.05) is 80.5 Å². The minimum atomic E-state index is -3.03. The average molecular weight is 1730 g/mol. The first-order chi connectivity index (χ1) is 51.9. The lowest BCUT2D eigenvalue weighted by atomic mass is 9.95. The molecule has 8 atom stereocenters. The first kappa shape index (κ1) is 84.0. The second-order valence-corrected chi connectivity index (χ2v) is 31.7. The molecule has 0 radical (unpaired) electrons. The highest BCUT2D eigenvalue weighted by atomic mass is 79.9. The first-order valence-electron chi connectivity index (χ1n) is 33.9. The molecule has 0 bridgehead atoms. The van der Waals surface area contributed by atoms with Crippen molar-refractivity contribution in [3.63, 3.8) is 0 Å². The summed E-state index contributed by atoms with van der Waals surface area (Å²) in [5.41, 5.74) is 3.13. The highest BCUT2D eigenvalue weighted by Crippen LogP contribution is 2.46. The summed E-state index contributed by atoms with van der Waals surface area (Å²) >= 11 is 34.2. The van der Waals surface area contributed by atoms with Crippen molar-refractivity contribution in [3.8, 4) is 0 Å². The van der Waals surface area contributed by atoms with Gasteiger partial charge in [-0.15, -0.1) is 34.0 Å². The van der Waals surface area contributed by atoms with Gasteiger partial charge in [0.05, 0.1) is 49.1 Å². The van der Waals surface area contributed by atoms with Gasteiger partial charge in [0.15, 0.2) is 32.5 Å². The van der Waals surface area contributed by atoms with Gasteiger partial charge in [0, 0.05) is 163 Å². The average Bonchev–Trinajstić information content (AvgIpc) is 1.75. The summed E-state index contributed by atoms with van der Waals surface area (Å²) in [7, 11) is 1.22. The van der Waals surface area contributed by atoms with Gasteiger partial charge in [-0.25, -0.2) is 51.3 Å². The molecule has 0 saturated carbocycles. The Morgan fingerprint density at radius 3 is 1.37 bits per heavy atom. The number of hydrogen-bond acceptors (Lipinski definition) is 25. The van der Waals surface area contributed by atoms with E-state index in [4.69, 9.17) is 85.8 Å². The number of carboxylic acid groups (broad SMARTS) is 3. The van der Waals surface area contributed by atoms with Crippen LogP contribution in [0.1, 0.15) is 116 Å². The number of nitrogens with one attached hydrogen (secondary N) is 3. The molecule has 582 valence electrons. The van der Waals surface area contributed by atoms with Crippen molar-refractivity contribution in [2.24, 2.45) is 15.0 Å². The Kier molecular flexibility index (Phi) is 28.7. The third-order valence-corrected chi connectivity index (χ3v) is 23.7. The number of likely N-dealkylation sites (tertiary alicyclic amines) is 2. The third-order valence-electron chi connectivity index (χ3n) is 18.6. The van der Waals surface area contributed by atoms with E-state index in [2.05, 4.69) is 46.8 Å². The van der Waals surface area contributed by atoms with E-state index in [1.54, 1.807) is 85.3 Å². The van der Waals surface area contributed by atoms with Crippen molar-refractivity contribution < 1.29 is 80.2 Å². The lowest BCUT2D eigenvalue weighted by Crippen LogP contribution is -2.50. The molecule has 6 N–H and O–H groups in total. The number of aromatic nitrogens is 3. The summed E-state index contributed by atoms with van der Waals surface area (Å²) in [6.45, 7) is 6.95. The number of thioether (sulfide) groups is 1. The van der Waals surface area contributed by atoms with Crippen molar-refractivity contribution in [2.45, 2.75) is 126 Å². The zero-order valence-electron chi connectivity index (χ0n) is 58.6. The predicted molar refractivity (Wildman–Crippen MR) is 410 cm³/mol. The maximum absolute atomic E-state index is 14.8. The number of halogens is 10. The van der Waals surface area contributed by atoms with Crippen molar-refractivity contribution >= 4 is 161 Å². The number of aliphatic imine (C=N–C) groups is 3. The molecule has 109 heavy (non-hydrogen) atoms. The van der Waals surface area contributed by atoms with E-state index in [0.29, 0.717) is 93.1 Å². The summed E-state index contributed by atoms with van der Waals surface area (Å²) in [5.74, 6) is -9.09. The summed E-state index contributed by atoms with van der Waals surface area (Å²) in [6.07, 6.45) is 3.45. The standard InChI is InChI=1S/C25H26Cl2F2N4O4S.C24H24Cl2F2N4O4S.C22H22BrFN4O4S2/c1-3-37-24(36)20-18(12-33-13(2)25(28,29)11-15(33)5-7-19(34)35)31-22(23-30-8-9-38-23)32-21(20)16-6-4-14(26)10-17(16)27;1-12-24(27,28)10-14(4-6-18(33)34)32(12)11-17-19(23(35)36-2)20(15-5-3-13(25)9-16(15)26)31-21(30-17)22-29-7-8-37-22;1-2-32-22(31)17-15(10-28-6-8-33-11-16(28)21(29)30)26-19(20-25-5-7-34-20)27-18(17)13-4-3-12(24)9-14(13)23/h4,6,8-10,13,15,21H,3,5,7,11-12H2,1-2H3,(H,31,32)(H,34,35);3,5,7-9,12,14,20H,4,6,10-11H2,1-2H3,(H,30,31)(H,33,34);3-5,7,9,16,18H,2,6,8,10-11H2,1H3,(H,26,27)(H,29,30)/t13?,15-,21+;12?,14-,20+;16-,18-/m110/s1. The van der Waals surface area contributed by atoms with E-state index in [9.17, 15) is 55.8 Å². The number of methoxy groups -OCH3 is 1. The van der Waals surface area contributed by atoms with Crippen LogP contribution < -0.4 is 16.0 Å². The molecular weight excluding hydrogens is 1660 g/mol. The quantitative estimate of drug-likeness (QED) is 0.0186. The van der Waals surface area contributed by atoms with Gasteiger partial charge in [0.1, 0.15) is 30.0 Å². The van der Waals surface area contributed by atoms with Gasteiger partial charge in [-0.3, -0.25) is 44.1 Å². The van der Waals surface area contributed by atoms with Crippen molar-refractivity contribution in [3.05, 3.63) is 185 Å². The molecule has 3 aromatic carbocycles. The summed E-state index contributed by atoms with van der Waals surface area (Å²) in [5, 5.41) is 45.9. The van der Waals surface area contributed by atoms with Crippen molar-refractivity contribution in [2.75, 3.05) is 58.0 Å². The molecule has 2 unspecified atom stereocenters.